The lowest BCUT2D eigenvalue weighted by atomic mass is 10.2. The number of hydrogen-bond acceptors (Lipinski definition) is 3. The molecule has 0 unspecified atom stereocenters. The molecule has 2 aliphatic rings. The molecule has 6 heteroatoms. The van der Waals surface area contributed by atoms with Gasteiger partial charge in [-0.3, -0.25) is 0 Å². The number of nitrogens with zero attached hydrogens (tertiary/aromatic N) is 2. The van der Waals surface area contributed by atoms with Crippen molar-refractivity contribution in [3.63, 3.8) is 0 Å². The minimum absolute atomic E-state index is 0. The Morgan fingerprint density at radius 1 is 1.37 bits per heavy atom. The smallest absolute Gasteiger partial charge is 0.189 e. The molecule has 0 saturated heterocycles. The summed E-state index contributed by atoms with van der Waals surface area (Å²) >= 11 is 1.70. The van der Waals surface area contributed by atoms with Gasteiger partial charge in [-0.15, -0.1) is 35.3 Å². The fourth-order valence-electron chi connectivity index (χ4n) is 2.44. The average Bonchev–Trinajstić information content (AvgIpc) is 2.90. The van der Waals surface area contributed by atoms with Crippen molar-refractivity contribution in [3.05, 3.63) is 16.1 Å². The number of guanidine groups is 1. The van der Waals surface area contributed by atoms with E-state index in [4.69, 9.17) is 5.73 Å². The highest BCUT2D eigenvalue weighted by molar-refractivity contribution is 14.0. The zero-order valence-corrected chi connectivity index (χ0v) is 14.1. The van der Waals surface area contributed by atoms with E-state index in [2.05, 4.69) is 20.7 Å². The summed E-state index contributed by atoms with van der Waals surface area (Å²) in [6.45, 7) is 0.614. The monoisotopic (exact) mass is 392 g/mol. The fourth-order valence-corrected chi connectivity index (χ4v) is 3.24. The van der Waals surface area contributed by atoms with Gasteiger partial charge >= 0.3 is 0 Å². The molecule has 2 fully saturated rings. The van der Waals surface area contributed by atoms with Gasteiger partial charge in [-0.25, -0.2) is 9.98 Å². The average molecular weight is 392 g/mol. The molecular formula is C13H21IN4S. The zero-order chi connectivity index (χ0) is 12.4. The number of thiazole rings is 1. The van der Waals surface area contributed by atoms with Crippen molar-refractivity contribution in [2.45, 2.75) is 57.0 Å². The van der Waals surface area contributed by atoms with Crippen LogP contribution in [0.4, 0.5) is 0 Å². The molecule has 3 N–H and O–H groups in total. The van der Waals surface area contributed by atoms with Crippen LogP contribution in [0.15, 0.2) is 10.4 Å². The molecule has 0 spiro atoms. The third-order valence-corrected chi connectivity index (χ3v) is 4.51. The Morgan fingerprint density at radius 3 is 2.79 bits per heavy atom. The Labute approximate surface area is 135 Å². The van der Waals surface area contributed by atoms with Crippen molar-refractivity contribution >= 4 is 41.3 Å². The van der Waals surface area contributed by atoms with Gasteiger partial charge in [0.1, 0.15) is 5.01 Å². The van der Waals surface area contributed by atoms with E-state index in [-0.39, 0.29) is 24.0 Å². The van der Waals surface area contributed by atoms with Gasteiger partial charge in [0.25, 0.3) is 0 Å². The third-order valence-electron chi connectivity index (χ3n) is 3.66. The largest absolute Gasteiger partial charge is 0.370 e. The van der Waals surface area contributed by atoms with Crippen LogP contribution >= 0.6 is 35.3 Å². The van der Waals surface area contributed by atoms with Crippen LogP contribution in [0, 0.1) is 0 Å². The van der Waals surface area contributed by atoms with Gasteiger partial charge in [0, 0.05) is 17.3 Å². The van der Waals surface area contributed by atoms with Gasteiger partial charge in [-0.2, -0.15) is 0 Å². The summed E-state index contributed by atoms with van der Waals surface area (Å²) in [5.74, 6) is 1.30. The number of nitrogens with one attached hydrogen (secondary N) is 1. The van der Waals surface area contributed by atoms with Crippen LogP contribution in [-0.4, -0.2) is 17.0 Å². The molecule has 4 nitrogen and oxygen atoms in total. The van der Waals surface area contributed by atoms with Crippen molar-refractivity contribution in [2.75, 3.05) is 0 Å². The summed E-state index contributed by atoms with van der Waals surface area (Å²) in [6, 6.07) is 0.534. The predicted molar refractivity (Wildman–Crippen MR) is 90.2 cm³/mol. The van der Waals surface area contributed by atoms with Crippen LogP contribution in [-0.2, 0) is 6.54 Å². The summed E-state index contributed by atoms with van der Waals surface area (Å²) in [5.41, 5.74) is 7.15. The summed E-state index contributed by atoms with van der Waals surface area (Å²) in [5, 5.41) is 6.54. The number of rotatable bonds is 4. The Hall–Kier alpha value is -0.370. The van der Waals surface area contributed by atoms with Crippen molar-refractivity contribution < 1.29 is 0 Å². The minimum atomic E-state index is 0. The molecule has 0 aliphatic heterocycles. The second kappa shape index (κ2) is 6.88. The highest BCUT2D eigenvalue weighted by Gasteiger charge is 2.25. The Kier molecular flexibility index (Phi) is 5.44. The second-order valence-corrected chi connectivity index (χ2v) is 6.21. The summed E-state index contributed by atoms with van der Waals surface area (Å²) in [6.07, 6.45) is 7.67. The first-order valence-electron chi connectivity index (χ1n) is 6.82. The number of aromatic nitrogens is 1. The highest BCUT2D eigenvalue weighted by Crippen LogP contribution is 2.40. The molecule has 0 radical (unpaired) electrons. The van der Waals surface area contributed by atoms with Crippen molar-refractivity contribution in [1.29, 1.82) is 0 Å². The van der Waals surface area contributed by atoms with Crippen molar-refractivity contribution in [3.8, 4) is 0 Å². The molecule has 19 heavy (non-hydrogen) atoms. The van der Waals surface area contributed by atoms with Crippen LogP contribution in [0.25, 0.3) is 0 Å². The molecule has 0 amide bonds. The predicted octanol–water partition coefficient (Wildman–Crippen LogP) is 2.99. The van der Waals surface area contributed by atoms with E-state index < -0.39 is 0 Å². The second-order valence-electron chi connectivity index (χ2n) is 5.27. The lowest BCUT2D eigenvalue weighted by Crippen LogP contribution is -2.38. The van der Waals surface area contributed by atoms with Gasteiger partial charge in [-0.05, 0) is 25.7 Å². The minimum Gasteiger partial charge on any atom is -0.370 e. The molecule has 1 aromatic rings. The molecule has 3 rings (SSSR count). The van der Waals surface area contributed by atoms with Gasteiger partial charge in [0.15, 0.2) is 5.96 Å². The van der Waals surface area contributed by atoms with Crippen molar-refractivity contribution in [1.82, 2.24) is 10.3 Å². The molecule has 1 aromatic heterocycles. The lowest BCUT2D eigenvalue weighted by molar-refractivity contribution is 0.625. The van der Waals surface area contributed by atoms with Gasteiger partial charge < -0.3 is 11.1 Å². The number of halogens is 1. The Bertz CT molecular complexity index is 436. The Morgan fingerprint density at radius 2 is 2.11 bits per heavy atom. The molecule has 0 bridgehead atoms. The molecule has 0 aromatic carbocycles. The van der Waals surface area contributed by atoms with E-state index >= 15 is 0 Å². The number of nitrogens with two attached hydrogens (primary N) is 1. The maximum Gasteiger partial charge on any atom is 0.189 e. The van der Waals surface area contributed by atoms with Crippen LogP contribution in [0.2, 0.25) is 0 Å². The quantitative estimate of drug-likeness (QED) is 0.471. The SMILES string of the molecule is I.NC(=NCc1nc(C2CC2)cs1)NC1CCCC1. The molecule has 2 aliphatic carbocycles. The first kappa shape index (κ1) is 15.0. The van der Waals surface area contributed by atoms with E-state index in [1.165, 1.54) is 44.2 Å². The number of hydrogen-bond donors (Lipinski definition) is 2. The molecule has 2 saturated carbocycles. The van der Waals surface area contributed by atoms with Gasteiger partial charge in [-0.1, -0.05) is 12.8 Å². The van der Waals surface area contributed by atoms with E-state index in [0.29, 0.717) is 18.5 Å². The molecule has 1 heterocycles. The maximum absolute atomic E-state index is 5.90. The van der Waals surface area contributed by atoms with Gasteiger partial charge in [0.05, 0.1) is 12.2 Å². The van der Waals surface area contributed by atoms with Crippen molar-refractivity contribution in [2.24, 2.45) is 10.7 Å². The number of aliphatic imine (C=N–C) groups is 1. The fraction of sp³-hybridized carbons (Fsp3) is 0.692. The molecule has 106 valence electrons. The van der Waals surface area contributed by atoms with Crippen LogP contribution in [0.1, 0.15) is 55.1 Å². The highest BCUT2D eigenvalue weighted by atomic mass is 127. The first-order chi connectivity index (χ1) is 8.81. The zero-order valence-electron chi connectivity index (χ0n) is 11.0. The van der Waals surface area contributed by atoms with Crippen LogP contribution < -0.4 is 11.1 Å². The third kappa shape index (κ3) is 4.30. The maximum atomic E-state index is 5.90. The molecular weight excluding hydrogens is 371 g/mol. The molecule has 0 atom stereocenters. The Balaban J connectivity index is 0.00000133. The summed E-state index contributed by atoms with van der Waals surface area (Å²) < 4.78 is 0. The van der Waals surface area contributed by atoms with E-state index in [0.717, 1.165) is 10.9 Å². The van der Waals surface area contributed by atoms with E-state index in [1.54, 1.807) is 11.3 Å². The summed E-state index contributed by atoms with van der Waals surface area (Å²) in [4.78, 5) is 8.99. The van der Waals surface area contributed by atoms with E-state index in [1.807, 2.05) is 0 Å². The van der Waals surface area contributed by atoms with E-state index in [9.17, 15) is 0 Å². The van der Waals surface area contributed by atoms with Gasteiger partial charge in [0.2, 0.25) is 0 Å². The first-order valence-corrected chi connectivity index (χ1v) is 7.70. The normalized spacial score (nSPS) is 20.3. The summed E-state index contributed by atoms with van der Waals surface area (Å²) in [7, 11) is 0. The van der Waals surface area contributed by atoms with Crippen LogP contribution in [0.3, 0.4) is 0 Å². The van der Waals surface area contributed by atoms with Crippen LogP contribution in [0.5, 0.6) is 0 Å². The lowest BCUT2D eigenvalue weighted by Gasteiger charge is -2.11. The topological polar surface area (TPSA) is 63.3 Å². The standard InChI is InChI=1S/C13H20N4S.HI/c14-13(16-10-3-1-2-4-10)15-7-12-17-11(8-18-12)9-5-6-9;/h8-10H,1-7H2,(H3,14,15,16);1H.